The smallest absolute Gasteiger partial charge is 0.325 e. The SMILES string of the molecule is CC(C)(C)c1ccccc1NC(=O)NC(=O)CCC(=O)O. The summed E-state index contributed by atoms with van der Waals surface area (Å²) in [5.41, 5.74) is 1.41. The number of anilines is 1. The van der Waals surface area contributed by atoms with Gasteiger partial charge in [-0.2, -0.15) is 0 Å². The largest absolute Gasteiger partial charge is 0.481 e. The molecule has 1 aromatic carbocycles. The van der Waals surface area contributed by atoms with Crippen LogP contribution in [0.4, 0.5) is 10.5 Å². The van der Waals surface area contributed by atoms with Gasteiger partial charge in [-0.15, -0.1) is 0 Å². The fourth-order valence-electron chi connectivity index (χ4n) is 1.81. The highest BCUT2D eigenvalue weighted by molar-refractivity contribution is 6.02. The van der Waals surface area contributed by atoms with Crippen LogP contribution in [0.5, 0.6) is 0 Å². The van der Waals surface area contributed by atoms with E-state index in [4.69, 9.17) is 5.11 Å². The summed E-state index contributed by atoms with van der Waals surface area (Å²) < 4.78 is 0. The van der Waals surface area contributed by atoms with Crippen molar-refractivity contribution in [2.24, 2.45) is 0 Å². The van der Waals surface area contributed by atoms with Gasteiger partial charge in [-0.3, -0.25) is 14.9 Å². The number of rotatable bonds is 4. The van der Waals surface area contributed by atoms with E-state index in [1.54, 1.807) is 12.1 Å². The van der Waals surface area contributed by atoms with Crippen LogP contribution in [-0.4, -0.2) is 23.0 Å². The van der Waals surface area contributed by atoms with E-state index >= 15 is 0 Å². The Morgan fingerprint density at radius 3 is 2.29 bits per heavy atom. The summed E-state index contributed by atoms with van der Waals surface area (Å²) >= 11 is 0. The molecule has 0 spiro atoms. The molecule has 0 unspecified atom stereocenters. The summed E-state index contributed by atoms with van der Waals surface area (Å²) in [4.78, 5) is 33.5. The van der Waals surface area contributed by atoms with Gasteiger partial charge < -0.3 is 10.4 Å². The molecule has 21 heavy (non-hydrogen) atoms. The van der Waals surface area contributed by atoms with Crippen LogP contribution in [0.15, 0.2) is 24.3 Å². The molecule has 0 saturated carbocycles. The van der Waals surface area contributed by atoms with Crippen LogP contribution >= 0.6 is 0 Å². The lowest BCUT2D eigenvalue weighted by Gasteiger charge is -2.22. The molecule has 1 aromatic rings. The van der Waals surface area contributed by atoms with Crippen molar-refractivity contribution >= 4 is 23.6 Å². The average Bonchev–Trinajstić information content (AvgIpc) is 2.35. The maximum atomic E-state index is 11.8. The Bertz CT molecular complexity index is 547. The Morgan fingerprint density at radius 1 is 1.10 bits per heavy atom. The summed E-state index contributed by atoms with van der Waals surface area (Å²) in [5, 5.41) is 13.2. The zero-order valence-electron chi connectivity index (χ0n) is 12.4. The van der Waals surface area contributed by atoms with E-state index in [9.17, 15) is 14.4 Å². The Balaban J connectivity index is 2.68. The van der Waals surface area contributed by atoms with Crippen LogP contribution in [0.25, 0.3) is 0 Å². The Kier molecular flexibility index (Phi) is 5.46. The number of carboxylic acid groups (broad SMARTS) is 1. The maximum Gasteiger partial charge on any atom is 0.325 e. The minimum absolute atomic E-state index is 0.156. The second-order valence-corrected chi connectivity index (χ2v) is 5.69. The first-order valence-corrected chi connectivity index (χ1v) is 6.62. The molecule has 1 rings (SSSR count). The molecule has 0 heterocycles. The molecule has 0 fully saturated rings. The van der Waals surface area contributed by atoms with Crippen LogP contribution in [0.3, 0.4) is 0 Å². The van der Waals surface area contributed by atoms with Gasteiger partial charge in [0.25, 0.3) is 0 Å². The highest BCUT2D eigenvalue weighted by Gasteiger charge is 2.19. The van der Waals surface area contributed by atoms with Crippen LogP contribution in [0, 0.1) is 0 Å². The number of carbonyl (C=O) groups is 3. The van der Waals surface area contributed by atoms with Crippen LogP contribution in [0.2, 0.25) is 0 Å². The zero-order valence-corrected chi connectivity index (χ0v) is 12.4. The van der Waals surface area contributed by atoms with Crippen molar-refractivity contribution in [2.75, 3.05) is 5.32 Å². The van der Waals surface area contributed by atoms with E-state index < -0.39 is 17.9 Å². The molecule has 3 N–H and O–H groups in total. The summed E-state index contributed by atoms with van der Waals surface area (Å²) in [7, 11) is 0. The number of para-hydroxylation sites is 1. The fraction of sp³-hybridized carbons (Fsp3) is 0.400. The molecule has 0 atom stereocenters. The van der Waals surface area contributed by atoms with Crippen molar-refractivity contribution in [1.29, 1.82) is 0 Å². The molecule has 0 aliphatic carbocycles. The number of hydrogen-bond donors (Lipinski definition) is 3. The van der Waals surface area contributed by atoms with E-state index in [0.29, 0.717) is 5.69 Å². The van der Waals surface area contributed by atoms with Crippen LogP contribution in [0.1, 0.15) is 39.2 Å². The van der Waals surface area contributed by atoms with E-state index in [1.165, 1.54) is 0 Å². The number of carboxylic acids is 1. The molecule has 0 aliphatic rings. The van der Waals surface area contributed by atoms with Crippen LogP contribution < -0.4 is 10.6 Å². The number of nitrogens with one attached hydrogen (secondary N) is 2. The summed E-state index contributed by atoms with van der Waals surface area (Å²) in [6, 6.07) is 6.66. The number of aliphatic carboxylic acids is 1. The highest BCUT2D eigenvalue weighted by atomic mass is 16.4. The number of hydrogen-bond acceptors (Lipinski definition) is 3. The first-order valence-electron chi connectivity index (χ1n) is 6.62. The predicted molar refractivity (Wildman–Crippen MR) is 79.2 cm³/mol. The second-order valence-electron chi connectivity index (χ2n) is 5.69. The van der Waals surface area contributed by atoms with Gasteiger partial charge in [-0.05, 0) is 17.0 Å². The molecule has 114 valence electrons. The fourth-order valence-corrected chi connectivity index (χ4v) is 1.81. The van der Waals surface area contributed by atoms with E-state index in [0.717, 1.165) is 5.56 Å². The van der Waals surface area contributed by atoms with Gasteiger partial charge in [0.15, 0.2) is 0 Å². The van der Waals surface area contributed by atoms with E-state index in [2.05, 4.69) is 10.6 Å². The van der Waals surface area contributed by atoms with Gasteiger partial charge in [0.05, 0.1) is 6.42 Å². The lowest BCUT2D eigenvalue weighted by molar-refractivity contribution is -0.138. The molecular formula is C15H20N2O4. The van der Waals surface area contributed by atoms with Gasteiger partial charge in [0.1, 0.15) is 0 Å². The molecule has 0 aromatic heterocycles. The molecule has 0 radical (unpaired) electrons. The van der Waals surface area contributed by atoms with E-state index in [-0.39, 0.29) is 18.3 Å². The normalized spacial score (nSPS) is 10.8. The number of amides is 3. The predicted octanol–water partition coefficient (Wildman–Crippen LogP) is 2.50. The van der Waals surface area contributed by atoms with Gasteiger partial charge in [0.2, 0.25) is 5.91 Å². The quantitative estimate of drug-likeness (QED) is 0.794. The summed E-state index contributed by atoms with van der Waals surface area (Å²) in [5.74, 6) is -1.70. The van der Waals surface area contributed by atoms with Crippen molar-refractivity contribution in [1.82, 2.24) is 5.32 Å². The standard InChI is InChI=1S/C15H20N2O4/c1-15(2,3)10-6-4-5-7-11(10)16-14(21)17-12(18)8-9-13(19)20/h4-7H,8-9H2,1-3H3,(H,19,20)(H2,16,17,18,21). The monoisotopic (exact) mass is 292 g/mol. The van der Waals surface area contributed by atoms with Gasteiger partial charge in [-0.25, -0.2) is 4.79 Å². The lowest BCUT2D eigenvalue weighted by Crippen LogP contribution is -2.35. The Hall–Kier alpha value is -2.37. The first kappa shape index (κ1) is 16.7. The van der Waals surface area contributed by atoms with Gasteiger partial charge in [-0.1, -0.05) is 39.0 Å². The number of carbonyl (C=O) groups excluding carboxylic acids is 2. The molecule has 3 amide bonds. The minimum atomic E-state index is -1.08. The molecule has 0 bridgehead atoms. The minimum Gasteiger partial charge on any atom is -0.481 e. The molecule has 0 saturated heterocycles. The van der Waals surface area contributed by atoms with Crippen LogP contribution in [-0.2, 0) is 15.0 Å². The molecule has 0 aliphatic heterocycles. The van der Waals surface area contributed by atoms with E-state index in [1.807, 2.05) is 32.9 Å². The van der Waals surface area contributed by atoms with Crippen molar-refractivity contribution < 1.29 is 19.5 Å². The maximum absolute atomic E-state index is 11.8. The third kappa shape index (κ3) is 5.64. The number of urea groups is 1. The van der Waals surface area contributed by atoms with Crippen molar-refractivity contribution in [3.05, 3.63) is 29.8 Å². The molecule has 6 heteroatoms. The second kappa shape index (κ2) is 6.88. The highest BCUT2D eigenvalue weighted by Crippen LogP contribution is 2.29. The zero-order chi connectivity index (χ0) is 16.0. The molecular weight excluding hydrogens is 272 g/mol. The average molecular weight is 292 g/mol. The summed E-state index contributed by atoms with van der Waals surface area (Å²) in [6.07, 6.45) is -0.540. The third-order valence-electron chi connectivity index (χ3n) is 2.80. The van der Waals surface area contributed by atoms with Crippen molar-refractivity contribution in [2.45, 2.75) is 39.0 Å². The Morgan fingerprint density at radius 2 is 1.71 bits per heavy atom. The Labute approximate surface area is 123 Å². The topological polar surface area (TPSA) is 95.5 Å². The molecule has 6 nitrogen and oxygen atoms in total. The lowest BCUT2D eigenvalue weighted by atomic mass is 9.86. The number of imide groups is 1. The van der Waals surface area contributed by atoms with Gasteiger partial charge >= 0.3 is 12.0 Å². The third-order valence-corrected chi connectivity index (χ3v) is 2.80. The van der Waals surface area contributed by atoms with Crippen molar-refractivity contribution in [3.8, 4) is 0 Å². The summed E-state index contributed by atoms with van der Waals surface area (Å²) in [6.45, 7) is 6.05. The first-order chi connectivity index (χ1) is 9.70. The van der Waals surface area contributed by atoms with Gasteiger partial charge in [0, 0.05) is 12.1 Å². The number of benzene rings is 1. The van der Waals surface area contributed by atoms with Crippen molar-refractivity contribution in [3.63, 3.8) is 0 Å².